The van der Waals surface area contributed by atoms with E-state index in [2.05, 4.69) is 15.6 Å². The van der Waals surface area contributed by atoms with Gasteiger partial charge in [0.25, 0.3) is 0 Å². The number of halogens is 1. The van der Waals surface area contributed by atoms with E-state index in [4.69, 9.17) is 0 Å². The molecule has 1 fully saturated rings. The Labute approximate surface area is 112 Å². The van der Waals surface area contributed by atoms with Crippen molar-refractivity contribution in [3.8, 4) is 0 Å². The first kappa shape index (κ1) is 13.9. The van der Waals surface area contributed by atoms with E-state index in [0.717, 1.165) is 25.0 Å². The quantitative estimate of drug-likeness (QED) is 0.792. The van der Waals surface area contributed by atoms with Gasteiger partial charge in [-0.2, -0.15) is 0 Å². The molecule has 1 aromatic heterocycles. The number of nitrogens with zero attached hydrogens (tertiary/aromatic N) is 1. The lowest BCUT2D eigenvalue weighted by Gasteiger charge is -2.16. The van der Waals surface area contributed by atoms with Crippen LogP contribution in [0.4, 0.5) is 4.39 Å². The van der Waals surface area contributed by atoms with Crippen LogP contribution in [0.25, 0.3) is 0 Å². The highest BCUT2D eigenvalue weighted by Crippen LogP contribution is 2.18. The summed E-state index contributed by atoms with van der Waals surface area (Å²) in [4.78, 5) is 15.6. The molecule has 1 unspecified atom stereocenters. The summed E-state index contributed by atoms with van der Waals surface area (Å²) in [5.41, 5.74) is 0.812. The molecule has 0 aromatic carbocycles. The minimum absolute atomic E-state index is 0.0642. The van der Waals surface area contributed by atoms with Crippen LogP contribution in [0.15, 0.2) is 18.3 Å². The van der Waals surface area contributed by atoms with Crippen molar-refractivity contribution in [3.05, 3.63) is 29.8 Å². The number of hydrogen-bond donors (Lipinski definition) is 2. The van der Waals surface area contributed by atoms with Crippen LogP contribution >= 0.6 is 0 Å². The van der Waals surface area contributed by atoms with Crippen molar-refractivity contribution in [1.29, 1.82) is 0 Å². The molecule has 0 aliphatic heterocycles. The van der Waals surface area contributed by atoms with Gasteiger partial charge in [0.2, 0.25) is 5.91 Å². The molecule has 1 amide bonds. The molecule has 5 heteroatoms. The van der Waals surface area contributed by atoms with Gasteiger partial charge in [0.1, 0.15) is 5.82 Å². The first-order valence-electron chi connectivity index (χ1n) is 6.83. The zero-order valence-corrected chi connectivity index (χ0v) is 11.2. The van der Waals surface area contributed by atoms with Crippen LogP contribution in [0.5, 0.6) is 0 Å². The third-order valence-corrected chi connectivity index (χ3v) is 3.20. The summed E-state index contributed by atoms with van der Waals surface area (Å²) in [5.74, 6) is -0.237. The lowest BCUT2D eigenvalue weighted by atomic mass is 10.1. The summed E-state index contributed by atoms with van der Waals surface area (Å²) in [6.07, 6.45) is 4.75. The molecule has 1 aliphatic rings. The molecule has 0 spiro atoms. The molecule has 104 valence electrons. The smallest absolute Gasteiger partial charge is 0.221 e. The van der Waals surface area contributed by atoms with Crippen molar-refractivity contribution in [3.63, 3.8) is 0 Å². The molecule has 1 aromatic rings. The van der Waals surface area contributed by atoms with E-state index in [0.29, 0.717) is 19.0 Å². The summed E-state index contributed by atoms with van der Waals surface area (Å²) in [7, 11) is 0. The van der Waals surface area contributed by atoms with Gasteiger partial charge in [0.15, 0.2) is 0 Å². The number of amides is 1. The van der Waals surface area contributed by atoms with Crippen LogP contribution < -0.4 is 10.6 Å². The van der Waals surface area contributed by atoms with Crippen LogP contribution in [0, 0.1) is 5.82 Å². The molecule has 0 radical (unpaired) electrons. The summed E-state index contributed by atoms with van der Waals surface area (Å²) in [6, 6.07) is 3.57. The molecule has 19 heavy (non-hydrogen) atoms. The maximum absolute atomic E-state index is 12.8. The second kappa shape index (κ2) is 6.61. The number of pyridine rings is 1. The first-order chi connectivity index (χ1) is 9.19. The number of rotatable bonds is 7. The number of hydrogen-bond acceptors (Lipinski definition) is 3. The Balaban J connectivity index is 1.75. The van der Waals surface area contributed by atoms with Gasteiger partial charge in [-0.3, -0.25) is 9.78 Å². The summed E-state index contributed by atoms with van der Waals surface area (Å²) < 4.78 is 12.8. The largest absolute Gasteiger partial charge is 0.353 e. The second-order valence-electron chi connectivity index (χ2n) is 4.91. The summed E-state index contributed by atoms with van der Waals surface area (Å²) >= 11 is 0. The van der Waals surface area contributed by atoms with Crippen molar-refractivity contribution < 1.29 is 9.18 Å². The fraction of sp³-hybridized carbons (Fsp3) is 0.571. The Kier molecular flexibility index (Phi) is 4.85. The molecular weight excluding hydrogens is 245 g/mol. The predicted molar refractivity (Wildman–Crippen MR) is 71.0 cm³/mol. The van der Waals surface area contributed by atoms with Gasteiger partial charge < -0.3 is 10.6 Å². The predicted octanol–water partition coefficient (Wildman–Crippen LogP) is 1.93. The molecule has 1 heterocycles. The van der Waals surface area contributed by atoms with Crippen LogP contribution in [-0.2, 0) is 4.79 Å². The van der Waals surface area contributed by atoms with E-state index in [9.17, 15) is 9.18 Å². The van der Waals surface area contributed by atoms with Crippen molar-refractivity contribution in [2.75, 3.05) is 6.54 Å². The maximum Gasteiger partial charge on any atom is 0.221 e. The third-order valence-electron chi connectivity index (χ3n) is 3.20. The standard InChI is InChI=1S/C14H20FN3O/c1-2-12(13-6-3-10(15)9-17-13)16-8-7-14(19)18-11-4-5-11/h3,6,9,11-12,16H,2,4-5,7-8H2,1H3,(H,18,19). The van der Waals surface area contributed by atoms with E-state index >= 15 is 0 Å². The van der Waals surface area contributed by atoms with E-state index in [1.165, 1.54) is 12.3 Å². The molecule has 1 atom stereocenters. The van der Waals surface area contributed by atoms with Crippen molar-refractivity contribution >= 4 is 5.91 Å². The van der Waals surface area contributed by atoms with Gasteiger partial charge in [-0.15, -0.1) is 0 Å². The molecule has 2 rings (SSSR count). The zero-order valence-electron chi connectivity index (χ0n) is 11.2. The molecule has 2 N–H and O–H groups in total. The van der Waals surface area contributed by atoms with Gasteiger partial charge >= 0.3 is 0 Å². The minimum atomic E-state index is -0.331. The van der Waals surface area contributed by atoms with Crippen LogP contribution in [0.1, 0.15) is 44.3 Å². The van der Waals surface area contributed by atoms with Gasteiger partial charge in [-0.25, -0.2) is 4.39 Å². The van der Waals surface area contributed by atoms with Crippen LogP contribution in [0.3, 0.4) is 0 Å². The van der Waals surface area contributed by atoms with Crippen molar-refractivity contribution in [1.82, 2.24) is 15.6 Å². The third kappa shape index (κ3) is 4.59. The fourth-order valence-electron chi connectivity index (χ4n) is 1.94. The number of aromatic nitrogens is 1. The van der Waals surface area contributed by atoms with E-state index < -0.39 is 0 Å². The molecule has 1 saturated carbocycles. The van der Waals surface area contributed by atoms with Gasteiger partial charge in [0, 0.05) is 25.0 Å². The zero-order chi connectivity index (χ0) is 13.7. The molecule has 0 saturated heterocycles. The van der Waals surface area contributed by atoms with E-state index in [1.54, 1.807) is 6.07 Å². The van der Waals surface area contributed by atoms with Crippen molar-refractivity contribution in [2.45, 2.75) is 44.7 Å². The Morgan fingerprint density at radius 2 is 2.32 bits per heavy atom. The summed E-state index contributed by atoms with van der Waals surface area (Å²) in [5, 5.41) is 6.23. The topological polar surface area (TPSA) is 54.0 Å². The lowest BCUT2D eigenvalue weighted by molar-refractivity contribution is -0.121. The minimum Gasteiger partial charge on any atom is -0.353 e. The number of carbonyl (C=O) groups is 1. The van der Waals surface area contributed by atoms with Gasteiger partial charge in [0.05, 0.1) is 11.9 Å². The number of nitrogens with one attached hydrogen (secondary N) is 2. The Bertz CT molecular complexity index is 417. The lowest BCUT2D eigenvalue weighted by Crippen LogP contribution is -2.30. The molecule has 0 bridgehead atoms. The van der Waals surface area contributed by atoms with E-state index in [-0.39, 0.29) is 17.8 Å². The Morgan fingerprint density at radius 3 is 2.89 bits per heavy atom. The normalized spacial score (nSPS) is 16.1. The first-order valence-corrected chi connectivity index (χ1v) is 6.83. The molecule has 4 nitrogen and oxygen atoms in total. The number of carbonyl (C=O) groups excluding carboxylic acids is 1. The Morgan fingerprint density at radius 1 is 1.53 bits per heavy atom. The highest BCUT2D eigenvalue weighted by atomic mass is 19.1. The highest BCUT2D eigenvalue weighted by Gasteiger charge is 2.22. The second-order valence-corrected chi connectivity index (χ2v) is 4.91. The molecule has 1 aliphatic carbocycles. The average Bonchev–Trinajstić information content (AvgIpc) is 3.20. The average molecular weight is 265 g/mol. The highest BCUT2D eigenvalue weighted by molar-refractivity contribution is 5.76. The summed E-state index contributed by atoms with van der Waals surface area (Å²) in [6.45, 7) is 2.64. The van der Waals surface area contributed by atoms with Crippen LogP contribution in [-0.4, -0.2) is 23.5 Å². The van der Waals surface area contributed by atoms with Gasteiger partial charge in [-0.05, 0) is 31.4 Å². The maximum atomic E-state index is 12.8. The van der Waals surface area contributed by atoms with Gasteiger partial charge in [-0.1, -0.05) is 6.92 Å². The van der Waals surface area contributed by atoms with E-state index in [1.807, 2.05) is 6.92 Å². The van der Waals surface area contributed by atoms with Crippen molar-refractivity contribution in [2.24, 2.45) is 0 Å². The molecular formula is C14H20FN3O. The van der Waals surface area contributed by atoms with Crippen LogP contribution in [0.2, 0.25) is 0 Å². The fourth-order valence-corrected chi connectivity index (χ4v) is 1.94. The Hall–Kier alpha value is -1.49. The SMILES string of the molecule is CCC(NCCC(=O)NC1CC1)c1ccc(F)cn1. The monoisotopic (exact) mass is 265 g/mol.